The molecule has 0 aliphatic heterocycles. The summed E-state index contributed by atoms with van der Waals surface area (Å²) >= 11 is 0. The number of hydrogen-bond donors (Lipinski definition) is 2. The Morgan fingerprint density at radius 3 is 2.50 bits per heavy atom. The van der Waals surface area contributed by atoms with Crippen molar-refractivity contribution >= 4 is 11.9 Å². The van der Waals surface area contributed by atoms with Gasteiger partial charge in [0.2, 0.25) is 0 Å². The highest BCUT2D eigenvalue weighted by atomic mass is 16.5. The molecule has 22 heavy (non-hydrogen) atoms. The second-order valence-electron chi connectivity index (χ2n) is 4.50. The minimum Gasteiger partial charge on any atom is -0.487 e. The van der Waals surface area contributed by atoms with Crippen LogP contribution in [0.2, 0.25) is 0 Å². The van der Waals surface area contributed by atoms with Gasteiger partial charge in [-0.3, -0.25) is 0 Å². The van der Waals surface area contributed by atoms with Gasteiger partial charge in [0.05, 0.1) is 0 Å². The number of nitrogens with zero attached hydrogens (tertiary/aromatic N) is 3. The third kappa shape index (κ3) is 3.22. The molecule has 1 unspecified atom stereocenters. The number of ether oxygens (including phenoxy) is 1. The van der Waals surface area contributed by atoms with Crippen LogP contribution in [0.25, 0.3) is 0 Å². The lowest BCUT2D eigenvalue weighted by molar-refractivity contribution is -0.141. The predicted octanol–water partition coefficient (Wildman–Crippen LogP) is 1.59. The van der Waals surface area contributed by atoms with Crippen molar-refractivity contribution in [3.05, 3.63) is 41.7 Å². The minimum atomic E-state index is -1.28. The molecule has 1 atom stereocenters. The SMILES string of the molecule is CCC(C(=O)O)n1nnc(C(=O)O)c1COc1ccccc1. The van der Waals surface area contributed by atoms with Crippen LogP contribution in [0, 0.1) is 0 Å². The molecule has 0 bridgehead atoms. The number of rotatable bonds is 7. The Morgan fingerprint density at radius 2 is 1.95 bits per heavy atom. The lowest BCUT2D eigenvalue weighted by Gasteiger charge is -2.14. The van der Waals surface area contributed by atoms with E-state index < -0.39 is 18.0 Å². The van der Waals surface area contributed by atoms with Crippen LogP contribution in [-0.2, 0) is 11.4 Å². The highest BCUT2D eigenvalue weighted by molar-refractivity contribution is 5.86. The number of hydrogen-bond acceptors (Lipinski definition) is 5. The molecule has 0 spiro atoms. The Bertz CT molecular complexity index is 668. The summed E-state index contributed by atoms with van der Waals surface area (Å²) in [5, 5.41) is 25.6. The fourth-order valence-corrected chi connectivity index (χ4v) is 1.98. The van der Waals surface area contributed by atoms with Gasteiger partial charge in [0.15, 0.2) is 11.7 Å². The molecule has 0 fully saturated rings. The van der Waals surface area contributed by atoms with E-state index in [9.17, 15) is 14.7 Å². The zero-order chi connectivity index (χ0) is 16.1. The number of aromatic carboxylic acids is 1. The Balaban J connectivity index is 2.32. The number of benzene rings is 1. The molecule has 1 heterocycles. The average Bonchev–Trinajstić information content (AvgIpc) is 2.90. The van der Waals surface area contributed by atoms with Crippen molar-refractivity contribution in [2.45, 2.75) is 26.0 Å². The molecule has 0 aliphatic rings. The van der Waals surface area contributed by atoms with E-state index >= 15 is 0 Å². The van der Waals surface area contributed by atoms with Gasteiger partial charge in [-0.05, 0) is 18.6 Å². The van der Waals surface area contributed by atoms with Crippen LogP contribution in [-0.4, -0.2) is 37.1 Å². The van der Waals surface area contributed by atoms with Gasteiger partial charge < -0.3 is 14.9 Å². The highest BCUT2D eigenvalue weighted by Gasteiger charge is 2.27. The van der Waals surface area contributed by atoms with Crippen LogP contribution in [0.15, 0.2) is 30.3 Å². The summed E-state index contributed by atoms with van der Waals surface area (Å²) < 4.78 is 6.59. The normalized spacial score (nSPS) is 11.9. The molecule has 0 radical (unpaired) electrons. The maximum absolute atomic E-state index is 11.3. The number of para-hydroxylation sites is 1. The molecule has 1 aromatic heterocycles. The topological polar surface area (TPSA) is 115 Å². The molecule has 116 valence electrons. The zero-order valence-electron chi connectivity index (χ0n) is 11.8. The maximum atomic E-state index is 11.3. The lowest BCUT2D eigenvalue weighted by Crippen LogP contribution is -2.23. The van der Waals surface area contributed by atoms with Crippen molar-refractivity contribution in [2.75, 3.05) is 0 Å². The van der Waals surface area contributed by atoms with Crippen LogP contribution in [0.4, 0.5) is 0 Å². The van der Waals surface area contributed by atoms with E-state index in [1.54, 1.807) is 31.2 Å². The van der Waals surface area contributed by atoms with Gasteiger partial charge in [0, 0.05) is 0 Å². The Hall–Kier alpha value is -2.90. The second-order valence-corrected chi connectivity index (χ2v) is 4.50. The van der Waals surface area contributed by atoms with Crippen LogP contribution in [0.1, 0.15) is 35.6 Å². The van der Waals surface area contributed by atoms with Gasteiger partial charge in [-0.2, -0.15) is 0 Å². The molecular formula is C14H15N3O5. The first-order chi connectivity index (χ1) is 10.5. The molecular weight excluding hydrogens is 290 g/mol. The minimum absolute atomic E-state index is 0.116. The summed E-state index contributed by atoms with van der Waals surface area (Å²) in [6.07, 6.45) is 0.246. The Morgan fingerprint density at radius 1 is 1.27 bits per heavy atom. The Labute approximate surface area is 125 Å². The number of carbonyl (C=O) groups is 2. The summed E-state index contributed by atoms with van der Waals surface area (Å²) in [6.45, 7) is 1.53. The summed E-state index contributed by atoms with van der Waals surface area (Å²) in [5.74, 6) is -1.85. The van der Waals surface area contributed by atoms with Crippen molar-refractivity contribution in [3.8, 4) is 5.75 Å². The third-order valence-electron chi connectivity index (χ3n) is 3.08. The molecule has 0 saturated heterocycles. The van der Waals surface area contributed by atoms with E-state index in [1.165, 1.54) is 0 Å². The molecule has 2 aromatic rings. The number of carboxylic acids is 2. The first-order valence-corrected chi connectivity index (χ1v) is 6.62. The zero-order valence-corrected chi connectivity index (χ0v) is 11.8. The fraction of sp³-hybridized carbons (Fsp3) is 0.286. The van der Waals surface area contributed by atoms with E-state index in [4.69, 9.17) is 9.84 Å². The van der Waals surface area contributed by atoms with Crippen LogP contribution in [0.3, 0.4) is 0 Å². The van der Waals surface area contributed by atoms with Crippen molar-refractivity contribution < 1.29 is 24.5 Å². The highest BCUT2D eigenvalue weighted by Crippen LogP contribution is 2.18. The summed E-state index contributed by atoms with van der Waals surface area (Å²) in [4.78, 5) is 22.5. The van der Waals surface area contributed by atoms with E-state index in [0.717, 1.165) is 4.68 Å². The molecule has 2 N–H and O–H groups in total. The van der Waals surface area contributed by atoms with Crippen LogP contribution >= 0.6 is 0 Å². The third-order valence-corrected chi connectivity index (χ3v) is 3.08. The van der Waals surface area contributed by atoms with E-state index in [2.05, 4.69) is 10.3 Å². The smallest absolute Gasteiger partial charge is 0.358 e. The first-order valence-electron chi connectivity index (χ1n) is 6.62. The number of aliphatic carboxylic acids is 1. The van der Waals surface area contributed by atoms with Crippen molar-refractivity contribution in [3.63, 3.8) is 0 Å². The number of carboxylic acid groups (broad SMARTS) is 2. The fourth-order valence-electron chi connectivity index (χ4n) is 1.98. The number of aromatic nitrogens is 3. The molecule has 8 heteroatoms. The molecule has 0 aliphatic carbocycles. The van der Waals surface area contributed by atoms with Gasteiger partial charge >= 0.3 is 11.9 Å². The van der Waals surface area contributed by atoms with Crippen LogP contribution < -0.4 is 4.74 Å². The van der Waals surface area contributed by atoms with Gasteiger partial charge in [-0.25, -0.2) is 14.3 Å². The van der Waals surface area contributed by atoms with Crippen molar-refractivity contribution in [1.29, 1.82) is 0 Å². The van der Waals surface area contributed by atoms with Crippen LogP contribution in [0.5, 0.6) is 5.75 Å². The summed E-state index contributed by atoms with van der Waals surface area (Å²) in [7, 11) is 0. The monoisotopic (exact) mass is 305 g/mol. The largest absolute Gasteiger partial charge is 0.487 e. The quantitative estimate of drug-likeness (QED) is 0.798. The molecule has 2 rings (SSSR count). The summed E-state index contributed by atoms with van der Waals surface area (Å²) in [6, 6.07) is 7.80. The van der Waals surface area contributed by atoms with E-state index in [1.807, 2.05) is 6.07 Å². The predicted molar refractivity (Wildman–Crippen MR) is 74.7 cm³/mol. The van der Waals surface area contributed by atoms with E-state index in [0.29, 0.717) is 5.75 Å². The van der Waals surface area contributed by atoms with Gasteiger partial charge in [0.1, 0.15) is 18.1 Å². The van der Waals surface area contributed by atoms with Crippen molar-refractivity contribution in [2.24, 2.45) is 0 Å². The standard InChI is InChI=1S/C14H15N3O5/c1-2-10(13(18)19)17-11(12(14(20)21)15-16-17)8-22-9-6-4-3-5-7-9/h3-7,10H,2,8H2,1H3,(H,18,19)(H,20,21). The average molecular weight is 305 g/mol. The van der Waals surface area contributed by atoms with E-state index in [-0.39, 0.29) is 24.4 Å². The molecule has 0 amide bonds. The van der Waals surface area contributed by atoms with Gasteiger partial charge in [-0.15, -0.1) is 5.10 Å². The first kappa shape index (κ1) is 15.5. The molecule has 0 saturated carbocycles. The maximum Gasteiger partial charge on any atom is 0.358 e. The van der Waals surface area contributed by atoms with Gasteiger partial charge in [-0.1, -0.05) is 30.3 Å². The lowest BCUT2D eigenvalue weighted by atomic mass is 10.2. The second kappa shape index (κ2) is 6.70. The molecule has 8 nitrogen and oxygen atoms in total. The summed E-state index contributed by atoms with van der Waals surface area (Å²) in [5.41, 5.74) is -0.193. The van der Waals surface area contributed by atoms with Crippen molar-refractivity contribution in [1.82, 2.24) is 15.0 Å². The van der Waals surface area contributed by atoms with Gasteiger partial charge in [0.25, 0.3) is 0 Å². The Kier molecular flexibility index (Phi) is 4.72. The molecule has 1 aromatic carbocycles.